The molecule has 0 saturated heterocycles. The second-order valence-electron chi connectivity index (χ2n) is 4.07. The van der Waals surface area contributed by atoms with Crippen molar-refractivity contribution in [3.05, 3.63) is 47.7 Å². The van der Waals surface area contributed by atoms with Crippen molar-refractivity contribution in [1.82, 2.24) is 10.3 Å². The average Bonchev–Trinajstić information content (AvgIpc) is 2.49. The Kier molecular flexibility index (Phi) is 4.45. The molecule has 0 unspecified atom stereocenters. The van der Waals surface area contributed by atoms with E-state index in [0.29, 0.717) is 29.3 Å². The number of nitrogens with two attached hydrogens (primary N) is 1. The molecule has 4 N–H and O–H groups in total. The zero-order chi connectivity index (χ0) is 15.2. The first-order valence-corrected chi connectivity index (χ1v) is 6.31. The minimum absolute atomic E-state index is 0.165. The Balaban J connectivity index is 2.31. The second kappa shape index (κ2) is 6.47. The number of ether oxygens (including phenoxy) is 1. The number of nitrogens with one attached hydrogen (secondary N) is 2. The van der Waals surface area contributed by atoms with Crippen molar-refractivity contribution < 1.29 is 9.53 Å². The van der Waals surface area contributed by atoms with Gasteiger partial charge in [-0.15, -0.1) is 0 Å². The number of hydrogen-bond donors (Lipinski definition) is 3. The van der Waals surface area contributed by atoms with Crippen molar-refractivity contribution in [1.29, 1.82) is 5.41 Å². The number of esters is 1. The number of carbonyl (C=O) groups is 1. The van der Waals surface area contributed by atoms with Crippen molar-refractivity contribution in [2.24, 2.45) is 10.7 Å². The van der Waals surface area contributed by atoms with E-state index in [4.69, 9.17) is 15.9 Å². The lowest BCUT2D eigenvalue weighted by Gasteiger charge is -2.14. The summed E-state index contributed by atoms with van der Waals surface area (Å²) in [5.74, 6) is -0.273. The number of hydrogen-bond acceptors (Lipinski definition) is 6. The minimum Gasteiger partial charge on any atom is -0.462 e. The molecule has 1 aromatic rings. The predicted molar refractivity (Wildman–Crippen MR) is 79.4 cm³/mol. The summed E-state index contributed by atoms with van der Waals surface area (Å²) in [7, 11) is 0. The van der Waals surface area contributed by atoms with E-state index in [1.807, 2.05) is 0 Å². The van der Waals surface area contributed by atoms with Gasteiger partial charge >= 0.3 is 5.97 Å². The third-order valence-electron chi connectivity index (χ3n) is 2.64. The Morgan fingerprint density at radius 2 is 2.29 bits per heavy atom. The van der Waals surface area contributed by atoms with Crippen molar-refractivity contribution in [3.8, 4) is 0 Å². The molecule has 7 heteroatoms. The van der Waals surface area contributed by atoms with Gasteiger partial charge in [0.05, 0.1) is 23.4 Å². The third-order valence-corrected chi connectivity index (χ3v) is 2.64. The summed E-state index contributed by atoms with van der Waals surface area (Å²) in [6, 6.07) is 5.28. The first kappa shape index (κ1) is 14.4. The van der Waals surface area contributed by atoms with Crippen LogP contribution in [0.1, 0.15) is 12.6 Å². The molecule has 0 amide bonds. The Bertz CT molecular complexity index is 647. The van der Waals surface area contributed by atoms with Gasteiger partial charge in [-0.1, -0.05) is 6.07 Å². The minimum atomic E-state index is -0.463. The molecule has 0 spiro atoms. The van der Waals surface area contributed by atoms with Crippen molar-refractivity contribution >= 4 is 23.6 Å². The van der Waals surface area contributed by atoms with Crippen LogP contribution in [-0.4, -0.2) is 29.6 Å². The zero-order valence-electron chi connectivity index (χ0n) is 11.5. The number of rotatable bonds is 4. The molecule has 2 heterocycles. The van der Waals surface area contributed by atoms with Crippen LogP contribution in [0.15, 0.2) is 47.0 Å². The molecule has 108 valence electrons. The fourth-order valence-corrected chi connectivity index (χ4v) is 1.72. The van der Waals surface area contributed by atoms with Crippen molar-refractivity contribution in [2.75, 3.05) is 6.61 Å². The number of carbonyl (C=O) groups excluding carboxylic acids is 1. The van der Waals surface area contributed by atoms with Gasteiger partial charge in [-0.3, -0.25) is 10.4 Å². The van der Waals surface area contributed by atoms with Crippen LogP contribution in [0.5, 0.6) is 0 Å². The van der Waals surface area contributed by atoms with Gasteiger partial charge < -0.3 is 15.8 Å². The van der Waals surface area contributed by atoms with Crippen LogP contribution in [0.3, 0.4) is 0 Å². The van der Waals surface area contributed by atoms with E-state index in [1.54, 1.807) is 31.3 Å². The number of aromatic nitrogens is 1. The molecule has 1 aromatic heterocycles. The van der Waals surface area contributed by atoms with Crippen molar-refractivity contribution in [3.63, 3.8) is 0 Å². The fraction of sp³-hybridized carbons (Fsp3) is 0.143. The van der Waals surface area contributed by atoms with E-state index in [9.17, 15) is 4.79 Å². The Morgan fingerprint density at radius 1 is 1.48 bits per heavy atom. The van der Waals surface area contributed by atoms with E-state index in [2.05, 4.69) is 15.3 Å². The summed E-state index contributed by atoms with van der Waals surface area (Å²) in [6.07, 6.45) is 4.44. The van der Waals surface area contributed by atoms with Gasteiger partial charge in [-0.2, -0.15) is 0 Å². The van der Waals surface area contributed by atoms with Crippen LogP contribution < -0.4 is 11.1 Å². The average molecular weight is 285 g/mol. The van der Waals surface area contributed by atoms with Crippen molar-refractivity contribution in [2.45, 2.75) is 6.92 Å². The quantitative estimate of drug-likeness (QED) is 0.430. The summed E-state index contributed by atoms with van der Waals surface area (Å²) in [4.78, 5) is 19.8. The Morgan fingerprint density at radius 3 is 2.81 bits per heavy atom. The zero-order valence-corrected chi connectivity index (χ0v) is 11.5. The second-order valence-corrected chi connectivity index (χ2v) is 4.07. The first-order chi connectivity index (χ1) is 10.1. The SMILES string of the molecule is CCOC(=O)C1=CN/C(=C(/C(=N)N)c2ccccn2)N=C1. The molecule has 0 atom stereocenters. The standard InChI is InChI=1S/C14H15N5O2/c1-2-21-14(20)9-7-18-13(19-8-9)11(12(15)16)10-5-3-4-6-17-10/h3-8,18H,2H2,1H3,(H3,15,16)/b13-11-. The van der Waals surface area contributed by atoms with E-state index in [0.717, 1.165) is 0 Å². The predicted octanol–water partition coefficient (Wildman–Crippen LogP) is 0.807. The summed E-state index contributed by atoms with van der Waals surface area (Å²) in [6.45, 7) is 2.02. The van der Waals surface area contributed by atoms with E-state index in [-0.39, 0.29) is 5.84 Å². The molecule has 1 aliphatic heterocycles. The summed E-state index contributed by atoms with van der Waals surface area (Å²) in [5, 5.41) is 10.5. The fourth-order valence-electron chi connectivity index (χ4n) is 1.72. The maximum atomic E-state index is 11.6. The van der Waals surface area contributed by atoms with Crippen LogP contribution in [-0.2, 0) is 9.53 Å². The van der Waals surface area contributed by atoms with Gasteiger partial charge in [0.15, 0.2) is 0 Å². The lowest BCUT2D eigenvalue weighted by Crippen LogP contribution is -2.22. The van der Waals surface area contributed by atoms with E-state index in [1.165, 1.54) is 12.4 Å². The molecule has 7 nitrogen and oxygen atoms in total. The lowest BCUT2D eigenvalue weighted by atomic mass is 10.1. The van der Waals surface area contributed by atoms with Crippen LogP contribution in [0, 0.1) is 5.41 Å². The van der Waals surface area contributed by atoms with Crippen LogP contribution in [0.4, 0.5) is 0 Å². The smallest absolute Gasteiger partial charge is 0.341 e. The molecule has 0 saturated carbocycles. The maximum absolute atomic E-state index is 11.6. The van der Waals surface area contributed by atoms with Gasteiger partial charge in [0.25, 0.3) is 0 Å². The maximum Gasteiger partial charge on any atom is 0.341 e. The van der Waals surface area contributed by atoms with Crippen LogP contribution in [0.2, 0.25) is 0 Å². The van der Waals surface area contributed by atoms with E-state index >= 15 is 0 Å². The summed E-state index contributed by atoms with van der Waals surface area (Å²) < 4.78 is 4.88. The molecule has 2 rings (SSSR count). The van der Waals surface area contributed by atoms with E-state index < -0.39 is 5.97 Å². The molecule has 0 bridgehead atoms. The number of nitrogens with zero attached hydrogens (tertiary/aromatic N) is 2. The molecule has 1 aliphatic rings. The Labute approximate surface area is 121 Å². The highest BCUT2D eigenvalue weighted by Gasteiger charge is 2.17. The van der Waals surface area contributed by atoms with Gasteiger partial charge in [-0.05, 0) is 19.1 Å². The molecular weight excluding hydrogens is 270 g/mol. The number of aliphatic imine (C=N–C) groups is 1. The summed E-state index contributed by atoms with van der Waals surface area (Å²) in [5.41, 5.74) is 6.79. The van der Waals surface area contributed by atoms with Gasteiger partial charge in [0.2, 0.25) is 0 Å². The molecule has 0 aliphatic carbocycles. The molecule has 0 radical (unpaired) electrons. The first-order valence-electron chi connectivity index (χ1n) is 6.31. The molecular formula is C14H15N5O2. The largest absolute Gasteiger partial charge is 0.462 e. The Hall–Kier alpha value is -2.96. The molecule has 0 fully saturated rings. The highest BCUT2D eigenvalue weighted by atomic mass is 16.5. The summed E-state index contributed by atoms with van der Waals surface area (Å²) >= 11 is 0. The van der Waals surface area contributed by atoms with Crippen LogP contribution >= 0.6 is 0 Å². The lowest BCUT2D eigenvalue weighted by molar-refractivity contribution is -0.137. The highest BCUT2D eigenvalue weighted by molar-refractivity contribution is 6.21. The normalized spacial score (nSPS) is 15.8. The third kappa shape index (κ3) is 3.33. The van der Waals surface area contributed by atoms with Gasteiger partial charge in [0.1, 0.15) is 11.7 Å². The topological polar surface area (TPSA) is 113 Å². The molecule has 21 heavy (non-hydrogen) atoms. The number of amidine groups is 1. The highest BCUT2D eigenvalue weighted by Crippen LogP contribution is 2.17. The van der Waals surface area contributed by atoms with Gasteiger partial charge in [-0.25, -0.2) is 9.79 Å². The number of pyridine rings is 1. The monoisotopic (exact) mass is 285 g/mol. The molecule has 0 aromatic carbocycles. The van der Waals surface area contributed by atoms with Gasteiger partial charge in [0, 0.05) is 18.6 Å². The van der Waals surface area contributed by atoms with Crippen LogP contribution in [0.25, 0.3) is 5.57 Å².